The van der Waals surface area contributed by atoms with E-state index in [2.05, 4.69) is 12.3 Å². The molecule has 0 saturated carbocycles. The number of nitrogens with one attached hydrogen (secondary N) is 1. The molecule has 0 bridgehead atoms. The normalized spacial score (nSPS) is 12.8. The second-order valence-electron chi connectivity index (χ2n) is 3.04. The Bertz CT molecular complexity index is 322. The summed E-state index contributed by atoms with van der Waals surface area (Å²) >= 11 is 7.70. The number of nitrogens with two attached hydrogens (primary N) is 1. The summed E-state index contributed by atoms with van der Waals surface area (Å²) in [6.07, 6.45) is 0. The van der Waals surface area contributed by atoms with Crippen LogP contribution in [-0.4, -0.2) is 11.5 Å². The van der Waals surface area contributed by atoms with E-state index in [-0.39, 0.29) is 11.9 Å². The summed E-state index contributed by atoms with van der Waals surface area (Å²) in [5, 5.41) is 0.538. The van der Waals surface area contributed by atoms with Crippen LogP contribution in [0.3, 0.4) is 0 Å². The van der Waals surface area contributed by atoms with Crippen molar-refractivity contribution < 1.29 is 4.39 Å². The second-order valence-corrected chi connectivity index (χ2v) is 4.77. The topological polar surface area (TPSA) is 38.0 Å². The summed E-state index contributed by atoms with van der Waals surface area (Å²) in [6.45, 7) is 2.06. The zero-order valence-electron chi connectivity index (χ0n) is 8.47. The Labute approximate surface area is 98.3 Å². The van der Waals surface area contributed by atoms with Crippen LogP contribution in [0.25, 0.3) is 0 Å². The highest BCUT2D eigenvalue weighted by Crippen LogP contribution is 2.25. The molecule has 3 N–H and O–H groups in total. The molecule has 5 heteroatoms. The third kappa shape index (κ3) is 3.65. The van der Waals surface area contributed by atoms with Crippen LogP contribution >= 0.6 is 23.4 Å². The second kappa shape index (κ2) is 6.33. The van der Waals surface area contributed by atoms with Crippen LogP contribution in [0.5, 0.6) is 0 Å². The molecule has 0 spiro atoms. The van der Waals surface area contributed by atoms with Crippen LogP contribution in [-0.2, 0) is 0 Å². The van der Waals surface area contributed by atoms with Crippen molar-refractivity contribution in [2.24, 2.45) is 5.84 Å². The molecule has 0 aliphatic heterocycles. The Morgan fingerprint density at radius 3 is 2.93 bits per heavy atom. The fourth-order valence-electron chi connectivity index (χ4n) is 1.25. The lowest BCUT2D eigenvalue weighted by Gasteiger charge is -2.16. The highest BCUT2D eigenvalue weighted by molar-refractivity contribution is 7.99. The van der Waals surface area contributed by atoms with E-state index in [0.717, 1.165) is 11.5 Å². The molecule has 0 amide bonds. The summed E-state index contributed by atoms with van der Waals surface area (Å²) in [4.78, 5) is 0. The standard InChI is InChI=1S/C10H14ClFN2S/c1-2-15-6-10(14-13)8-5-7(12)3-4-9(8)11/h3-5,10,14H,2,6,13H2,1H3. The maximum Gasteiger partial charge on any atom is 0.123 e. The number of hydrogen-bond donors (Lipinski definition) is 2. The van der Waals surface area contributed by atoms with Gasteiger partial charge in [-0.2, -0.15) is 11.8 Å². The molecule has 0 radical (unpaired) electrons. The van der Waals surface area contributed by atoms with E-state index in [1.165, 1.54) is 12.1 Å². The molecule has 0 heterocycles. The van der Waals surface area contributed by atoms with Gasteiger partial charge in [0.1, 0.15) is 5.82 Å². The van der Waals surface area contributed by atoms with Crippen LogP contribution in [0.1, 0.15) is 18.5 Å². The van der Waals surface area contributed by atoms with Crippen molar-refractivity contribution in [1.29, 1.82) is 0 Å². The molecule has 2 nitrogen and oxygen atoms in total. The molecule has 1 unspecified atom stereocenters. The number of rotatable bonds is 5. The van der Waals surface area contributed by atoms with Crippen molar-refractivity contribution in [3.05, 3.63) is 34.6 Å². The van der Waals surface area contributed by atoms with E-state index in [9.17, 15) is 4.39 Å². The molecule has 1 aromatic carbocycles. The summed E-state index contributed by atoms with van der Waals surface area (Å²) < 4.78 is 13.0. The average Bonchev–Trinajstić information content (AvgIpc) is 2.24. The first-order chi connectivity index (χ1) is 7.19. The summed E-state index contributed by atoms with van der Waals surface area (Å²) in [5.41, 5.74) is 3.36. The number of hydrazine groups is 1. The Hall–Kier alpha value is -0.290. The van der Waals surface area contributed by atoms with Gasteiger partial charge in [-0.05, 0) is 29.5 Å². The molecule has 1 atom stereocenters. The molecule has 0 fully saturated rings. The minimum atomic E-state index is -0.295. The molecule has 15 heavy (non-hydrogen) atoms. The van der Waals surface area contributed by atoms with Gasteiger partial charge >= 0.3 is 0 Å². The van der Waals surface area contributed by atoms with Crippen molar-refractivity contribution in [3.8, 4) is 0 Å². The Kier molecular flexibility index (Phi) is 5.39. The van der Waals surface area contributed by atoms with Gasteiger partial charge in [-0.3, -0.25) is 11.3 Å². The van der Waals surface area contributed by atoms with Gasteiger partial charge in [-0.15, -0.1) is 0 Å². The lowest BCUT2D eigenvalue weighted by atomic mass is 10.1. The Morgan fingerprint density at radius 2 is 2.33 bits per heavy atom. The van der Waals surface area contributed by atoms with Crippen molar-refractivity contribution >= 4 is 23.4 Å². The van der Waals surface area contributed by atoms with Gasteiger partial charge in [0.25, 0.3) is 0 Å². The van der Waals surface area contributed by atoms with E-state index < -0.39 is 0 Å². The highest BCUT2D eigenvalue weighted by Gasteiger charge is 2.13. The van der Waals surface area contributed by atoms with Gasteiger partial charge in [0.2, 0.25) is 0 Å². The zero-order valence-corrected chi connectivity index (χ0v) is 10.0. The molecule has 0 saturated heterocycles. The quantitative estimate of drug-likeness (QED) is 0.622. The molecular formula is C10H14ClFN2S. The number of thioether (sulfide) groups is 1. The predicted octanol–water partition coefficient (Wildman–Crippen LogP) is 2.74. The van der Waals surface area contributed by atoms with Gasteiger partial charge in [-0.1, -0.05) is 18.5 Å². The maximum absolute atomic E-state index is 13.0. The summed E-state index contributed by atoms with van der Waals surface area (Å²) in [6, 6.07) is 4.20. The van der Waals surface area contributed by atoms with Crippen LogP contribution in [0.15, 0.2) is 18.2 Å². The lowest BCUT2D eigenvalue weighted by Crippen LogP contribution is -2.30. The first-order valence-corrected chi connectivity index (χ1v) is 6.21. The molecule has 1 rings (SSSR count). The van der Waals surface area contributed by atoms with Crippen molar-refractivity contribution in [3.63, 3.8) is 0 Å². The van der Waals surface area contributed by atoms with Crippen molar-refractivity contribution in [1.82, 2.24) is 5.43 Å². The first-order valence-electron chi connectivity index (χ1n) is 4.67. The van der Waals surface area contributed by atoms with E-state index in [0.29, 0.717) is 10.6 Å². The number of benzene rings is 1. The summed E-state index contributed by atoms with van der Waals surface area (Å²) in [7, 11) is 0. The Morgan fingerprint density at radius 1 is 1.60 bits per heavy atom. The fraction of sp³-hybridized carbons (Fsp3) is 0.400. The predicted molar refractivity (Wildman–Crippen MR) is 64.5 cm³/mol. The van der Waals surface area contributed by atoms with Gasteiger partial charge in [-0.25, -0.2) is 4.39 Å². The zero-order chi connectivity index (χ0) is 11.3. The maximum atomic E-state index is 13.0. The minimum absolute atomic E-state index is 0.113. The van der Waals surface area contributed by atoms with Gasteiger partial charge in [0, 0.05) is 10.8 Å². The third-order valence-corrected chi connectivity index (χ3v) is 3.34. The molecule has 0 aromatic heterocycles. The van der Waals surface area contributed by atoms with Gasteiger partial charge in [0.15, 0.2) is 0 Å². The molecule has 1 aromatic rings. The largest absolute Gasteiger partial charge is 0.271 e. The SMILES string of the molecule is CCSCC(NN)c1cc(F)ccc1Cl. The van der Waals surface area contributed by atoms with Crippen molar-refractivity contribution in [2.45, 2.75) is 13.0 Å². The monoisotopic (exact) mass is 248 g/mol. The smallest absolute Gasteiger partial charge is 0.123 e. The van der Waals surface area contributed by atoms with E-state index in [1.807, 2.05) is 0 Å². The van der Waals surface area contributed by atoms with Gasteiger partial charge in [0.05, 0.1) is 6.04 Å². The van der Waals surface area contributed by atoms with Crippen LogP contribution in [0.2, 0.25) is 5.02 Å². The first kappa shape index (κ1) is 12.8. The number of hydrogen-bond acceptors (Lipinski definition) is 3. The minimum Gasteiger partial charge on any atom is -0.271 e. The lowest BCUT2D eigenvalue weighted by molar-refractivity contribution is 0.591. The van der Waals surface area contributed by atoms with E-state index in [1.54, 1.807) is 17.8 Å². The van der Waals surface area contributed by atoms with E-state index >= 15 is 0 Å². The highest BCUT2D eigenvalue weighted by atomic mass is 35.5. The van der Waals surface area contributed by atoms with E-state index in [4.69, 9.17) is 17.4 Å². The molecule has 0 aliphatic rings. The molecule has 84 valence electrons. The molecule has 0 aliphatic carbocycles. The summed E-state index contributed by atoms with van der Waals surface area (Å²) in [5.74, 6) is 6.89. The van der Waals surface area contributed by atoms with Crippen LogP contribution in [0, 0.1) is 5.82 Å². The average molecular weight is 249 g/mol. The Balaban J connectivity index is 2.85. The van der Waals surface area contributed by atoms with Crippen LogP contribution < -0.4 is 11.3 Å². The fourth-order valence-corrected chi connectivity index (χ4v) is 2.24. The number of halogens is 2. The van der Waals surface area contributed by atoms with Gasteiger partial charge < -0.3 is 0 Å². The molecular weight excluding hydrogens is 235 g/mol. The third-order valence-electron chi connectivity index (χ3n) is 2.02. The van der Waals surface area contributed by atoms with Crippen LogP contribution in [0.4, 0.5) is 4.39 Å². The van der Waals surface area contributed by atoms with Crippen molar-refractivity contribution in [2.75, 3.05) is 11.5 Å².